The number of nitrogens with one attached hydrogen (secondary N) is 3. The first kappa shape index (κ1) is 34.1. The summed E-state index contributed by atoms with van der Waals surface area (Å²) < 4.78 is 12.2. The summed E-state index contributed by atoms with van der Waals surface area (Å²) in [6.07, 6.45) is 3.54. The lowest BCUT2D eigenvalue weighted by Crippen LogP contribution is -2.57. The van der Waals surface area contributed by atoms with Crippen molar-refractivity contribution in [3.8, 4) is 23.7 Å². The van der Waals surface area contributed by atoms with E-state index in [2.05, 4.69) is 70.0 Å². The van der Waals surface area contributed by atoms with Gasteiger partial charge in [-0.25, -0.2) is 0 Å². The average Bonchev–Trinajstić information content (AvgIpc) is 3.69. The van der Waals surface area contributed by atoms with Crippen molar-refractivity contribution in [2.75, 3.05) is 32.6 Å². The normalized spacial score (nSPS) is 25.4. The van der Waals surface area contributed by atoms with Crippen molar-refractivity contribution in [3.63, 3.8) is 0 Å². The number of ether oxygens (including phenoxy) is 2. The number of benzene rings is 2. The molecule has 2 aromatic rings. The number of carbonyl (C=O) groups is 3. The van der Waals surface area contributed by atoms with Crippen molar-refractivity contribution in [1.29, 1.82) is 0 Å². The van der Waals surface area contributed by atoms with Crippen LogP contribution in [0.4, 0.5) is 0 Å². The molecule has 2 aliphatic carbocycles. The summed E-state index contributed by atoms with van der Waals surface area (Å²) in [7, 11) is 1.69. The van der Waals surface area contributed by atoms with Crippen molar-refractivity contribution in [3.05, 3.63) is 70.8 Å². The monoisotopic (exact) mass is 668 g/mol. The molecule has 0 aromatic heterocycles. The van der Waals surface area contributed by atoms with E-state index < -0.39 is 17.5 Å². The van der Waals surface area contributed by atoms with Gasteiger partial charge in [0.05, 0.1) is 30.2 Å². The summed E-state index contributed by atoms with van der Waals surface area (Å²) in [5, 5.41) is 8.85. The molecule has 0 unspecified atom stereocenters. The maximum Gasteiger partial charge on any atom is 0.246 e. The lowest BCUT2D eigenvalue weighted by Gasteiger charge is -2.35. The molecule has 2 aromatic carbocycles. The topological polar surface area (TPSA) is 109 Å². The van der Waals surface area contributed by atoms with Crippen LogP contribution < -0.4 is 16.0 Å². The number of amides is 3. The number of nitrogens with zero attached hydrogens (tertiary/aromatic N) is 1. The Kier molecular flexibility index (Phi) is 10.8. The molecule has 2 aliphatic heterocycles. The van der Waals surface area contributed by atoms with Gasteiger partial charge in [-0.2, -0.15) is 0 Å². The second-order valence-corrected chi connectivity index (χ2v) is 14.8. The zero-order valence-electron chi connectivity index (χ0n) is 27.8. The van der Waals surface area contributed by atoms with Crippen LogP contribution in [0.25, 0.3) is 0 Å². The Balaban J connectivity index is 1.08. The molecular formula is C38H44N4O5S. The van der Waals surface area contributed by atoms with Gasteiger partial charge >= 0.3 is 0 Å². The molecule has 3 N–H and O–H groups in total. The first-order valence-electron chi connectivity index (χ1n) is 16.8. The minimum absolute atomic E-state index is 0.125. The predicted molar refractivity (Wildman–Crippen MR) is 186 cm³/mol. The predicted octanol–water partition coefficient (Wildman–Crippen LogP) is 2.77. The summed E-state index contributed by atoms with van der Waals surface area (Å²) in [4.78, 5) is 42.2. The number of rotatable bonds is 9. The summed E-state index contributed by atoms with van der Waals surface area (Å²) in [6.45, 7) is 4.71. The van der Waals surface area contributed by atoms with Gasteiger partial charge in [-0.3, -0.25) is 14.4 Å². The molecule has 0 bridgehead atoms. The Hall–Kier alpha value is -3.80. The Labute approximate surface area is 287 Å². The van der Waals surface area contributed by atoms with Crippen LogP contribution in [-0.4, -0.2) is 84.8 Å². The fraction of sp³-hybridized carbons (Fsp3) is 0.500. The Morgan fingerprint density at radius 3 is 2.31 bits per heavy atom. The van der Waals surface area contributed by atoms with E-state index >= 15 is 0 Å². The molecule has 0 saturated carbocycles. The van der Waals surface area contributed by atoms with Crippen molar-refractivity contribution >= 4 is 29.5 Å². The first-order chi connectivity index (χ1) is 23.2. The van der Waals surface area contributed by atoms with Crippen LogP contribution in [0.15, 0.2) is 48.5 Å². The summed E-state index contributed by atoms with van der Waals surface area (Å²) >= 11 is 1.68. The van der Waals surface area contributed by atoms with Crippen molar-refractivity contribution in [1.82, 2.24) is 20.9 Å². The molecule has 9 nitrogen and oxygen atoms in total. The van der Waals surface area contributed by atoms with Crippen LogP contribution in [0.1, 0.15) is 55.0 Å². The number of carbonyl (C=O) groups excluding carboxylic acids is 3. The maximum absolute atomic E-state index is 14.2. The van der Waals surface area contributed by atoms with E-state index in [4.69, 9.17) is 9.47 Å². The Bertz CT molecular complexity index is 1630. The van der Waals surface area contributed by atoms with E-state index in [1.54, 1.807) is 23.7 Å². The van der Waals surface area contributed by atoms with Gasteiger partial charge in [0.25, 0.3) is 0 Å². The molecule has 5 atom stereocenters. The second kappa shape index (κ2) is 15.2. The van der Waals surface area contributed by atoms with Crippen LogP contribution in [0.2, 0.25) is 0 Å². The summed E-state index contributed by atoms with van der Waals surface area (Å²) in [5.74, 6) is 11.8. The highest BCUT2D eigenvalue weighted by Crippen LogP contribution is 2.47. The number of likely N-dealkylation sites (N-methyl/N-ethyl adjacent to an activating group) is 1. The number of hydrogen-bond acceptors (Lipinski definition) is 7. The molecule has 0 radical (unpaired) electrons. The van der Waals surface area contributed by atoms with Crippen LogP contribution in [0.3, 0.4) is 0 Å². The zero-order valence-corrected chi connectivity index (χ0v) is 28.7. The van der Waals surface area contributed by atoms with Gasteiger partial charge in [0.1, 0.15) is 25.3 Å². The van der Waals surface area contributed by atoms with Crippen LogP contribution in [0.5, 0.6) is 0 Å². The van der Waals surface area contributed by atoms with Crippen molar-refractivity contribution in [2.45, 2.75) is 81.7 Å². The van der Waals surface area contributed by atoms with Crippen molar-refractivity contribution in [2.24, 2.45) is 5.41 Å². The molecule has 48 heavy (non-hydrogen) atoms. The lowest BCUT2D eigenvalue weighted by atomic mass is 9.83. The van der Waals surface area contributed by atoms with Crippen LogP contribution in [0, 0.1) is 29.1 Å². The van der Waals surface area contributed by atoms with Gasteiger partial charge in [0.15, 0.2) is 0 Å². The highest BCUT2D eigenvalue weighted by molar-refractivity contribution is 7.99. The molecule has 10 heteroatoms. The van der Waals surface area contributed by atoms with E-state index in [0.717, 1.165) is 29.7 Å². The molecule has 0 spiro atoms. The van der Waals surface area contributed by atoms with Gasteiger partial charge in [-0.1, -0.05) is 74.2 Å². The third kappa shape index (κ3) is 7.58. The first-order valence-corrected chi connectivity index (χ1v) is 17.8. The number of thioether (sulfide) groups is 1. The van der Waals surface area contributed by atoms with Crippen LogP contribution >= 0.6 is 11.8 Å². The SMILES string of the molecule is CNCC(=O)N[C@H]1CCS[C@H]2CC(C)(C)[C@@H](C(=O)N[C@H]3c4ccccc4C[C@H]3OCC#CC#CCOC3Cc4ccccc4C3)N2C1=O. The lowest BCUT2D eigenvalue weighted by molar-refractivity contribution is -0.144. The van der Waals surface area contributed by atoms with E-state index in [1.165, 1.54) is 11.1 Å². The average molecular weight is 669 g/mol. The van der Waals surface area contributed by atoms with E-state index in [1.807, 2.05) is 32.0 Å². The van der Waals surface area contributed by atoms with Crippen molar-refractivity contribution < 1.29 is 23.9 Å². The molecule has 2 heterocycles. The second-order valence-electron chi connectivity index (χ2n) is 13.6. The van der Waals surface area contributed by atoms with Crippen LogP contribution in [-0.2, 0) is 43.1 Å². The zero-order chi connectivity index (χ0) is 33.7. The molecule has 6 rings (SSSR count). The molecular weight excluding hydrogens is 625 g/mol. The molecule has 3 amide bonds. The quantitative estimate of drug-likeness (QED) is 0.353. The molecule has 2 saturated heterocycles. The molecule has 4 aliphatic rings. The maximum atomic E-state index is 14.2. The number of hydrogen-bond donors (Lipinski definition) is 3. The minimum atomic E-state index is -0.687. The minimum Gasteiger partial charge on any atom is -0.365 e. The fourth-order valence-corrected chi connectivity index (χ4v) is 9.06. The Morgan fingerprint density at radius 1 is 0.938 bits per heavy atom. The highest BCUT2D eigenvalue weighted by atomic mass is 32.2. The summed E-state index contributed by atoms with van der Waals surface area (Å²) in [5.41, 5.74) is 4.36. The smallest absolute Gasteiger partial charge is 0.246 e. The van der Waals surface area contributed by atoms with Gasteiger partial charge in [-0.15, -0.1) is 11.8 Å². The largest absolute Gasteiger partial charge is 0.365 e. The standard InChI is InChI=1S/C38H44N4O5S/c1-38(2)23-33-42(37(45)30(16-19-48-33)40-32(43)24-39-3)35(38)36(44)41-34-29-15-9-8-14-27(29)22-31(34)47-18-11-5-4-10-17-46-28-20-25-12-6-7-13-26(25)21-28/h6-9,12-15,28,30-31,33-35,39H,16-24H2,1-3H3,(H,40,43)(H,41,44)/t30-,31+,33-,34-,35+/m0/s1. The highest BCUT2D eigenvalue weighted by Gasteiger charge is 2.55. The number of fused-ring (bicyclic) bond motifs is 3. The van der Waals surface area contributed by atoms with E-state index in [9.17, 15) is 14.4 Å². The van der Waals surface area contributed by atoms with Gasteiger partial charge in [0, 0.05) is 6.42 Å². The van der Waals surface area contributed by atoms with E-state index in [-0.39, 0.29) is 54.5 Å². The summed E-state index contributed by atoms with van der Waals surface area (Å²) in [6, 6.07) is 14.7. The van der Waals surface area contributed by atoms with Gasteiger partial charge < -0.3 is 30.3 Å². The fourth-order valence-electron chi connectivity index (χ4n) is 7.48. The molecule has 2 fully saturated rings. The van der Waals surface area contributed by atoms with Gasteiger partial charge in [0.2, 0.25) is 17.7 Å². The third-order valence-corrected chi connectivity index (χ3v) is 11.0. The third-order valence-electron chi connectivity index (χ3n) is 9.71. The molecule has 252 valence electrons. The Morgan fingerprint density at radius 2 is 1.60 bits per heavy atom. The van der Waals surface area contributed by atoms with Gasteiger partial charge in [-0.05, 0) is 78.0 Å². The van der Waals surface area contributed by atoms with E-state index in [0.29, 0.717) is 25.9 Å².